The second kappa shape index (κ2) is 7.79. The third-order valence-corrected chi connectivity index (χ3v) is 4.65. The van der Waals surface area contributed by atoms with Crippen LogP contribution in [-0.2, 0) is 21.7 Å². The molecule has 2 heterocycles. The number of hydrogen-bond donors (Lipinski definition) is 2. The van der Waals surface area contributed by atoms with E-state index in [0.717, 1.165) is 10.5 Å². The molecule has 3 rings (SSSR count). The Morgan fingerprint density at radius 2 is 2.00 bits per heavy atom. The molecule has 28 heavy (non-hydrogen) atoms. The summed E-state index contributed by atoms with van der Waals surface area (Å²) in [6.07, 6.45) is 4.33. The zero-order valence-corrected chi connectivity index (χ0v) is 15.7. The summed E-state index contributed by atoms with van der Waals surface area (Å²) < 4.78 is 14.9. The Morgan fingerprint density at radius 1 is 1.29 bits per heavy atom. The molecule has 4 amide bonds. The summed E-state index contributed by atoms with van der Waals surface area (Å²) in [6, 6.07) is 4.66. The maximum Gasteiger partial charge on any atom is 0.325 e. The molecule has 1 atom stereocenters. The van der Waals surface area contributed by atoms with Crippen molar-refractivity contribution in [2.75, 3.05) is 13.1 Å². The Bertz CT molecular complexity index is 895. The van der Waals surface area contributed by atoms with Gasteiger partial charge in [0.1, 0.15) is 17.9 Å². The largest absolute Gasteiger partial charge is 0.354 e. The maximum absolute atomic E-state index is 13.1. The predicted molar refractivity (Wildman–Crippen MR) is 98.6 cm³/mol. The summed E-state index contributed by atoms with van der Waals surface area (Å²) >= 11 is 0. The van der Waals surface area contributed by atoms with Crippen LogP contribution in [0, 0.1) is 12.7 Å². The van der Waals surface area contributed by atoms with Crippen molar-refractivity contribution < 1.29 is 18.8 Å². The predicted octanol–water partition coefficient (Wildman–Crippen LogP) is 1.30. The average Bonchev–Trinajstić information content (AvgIpc) is 3.16. The Labute approximate surface area is 161 Å². The number of hydrogen-bond acceptors (Lipinski definition) is 4. The minimum atomic E-state index is -1.33. The first-order valence-electron chi connectivity index (χ1n) is 8.95. The third-order valence-electron chi connectivity index (χ3n) is 4.65. The highest BCUT2D eigenvalue weighted by Gasteiger charge is 2.49. The number of imide groups is 1. The first-order chi connectivity index (χ1) is 13.3. The van der Waals surface area contributed by atoms with Gasteiger partial charge in [-0.25, -0.2) is 9.18 Å². The molecule has 1 aliphatic rings. The number of nitrogens with zero attached hydrogens (tertiary/aromatic N) is 3. The fourth-order valence-electron chi connectivity index (χ4n) is 3.08. The van der Waals surface area contributed by atoms with Crippen molar-refractivity contribution in [2.45, 2.75) is 32.4 Å². The highest BCUT2D eigenvalue weighted by molar-refractivity contribution is 6.09. The molecule has 9 heteroatoms. The van der Waals surface area contributed by atoms with Gasteiger partial charge in [-0.1, -0.05) is 12.1 Å². The molecule has 0 spiro atoms. The topological polar surface area (TPSA) is 96.3 Å². The number of halogens is 1. The van der Waals surface area contributed by atoms with Gasteiger partial charge in [-0.3, -0.25) is 19.2 Å². The van der Waals surface area contributed by atoms with E-state index >= 15 is 0 Å². The van der Waals surface area contributed by atoms with E-state index in [4.69, 9.17) is 0 Å². The number of urea groups is 1. The molecular weight excluding hydrogens is 365 g/mol. The summed E-state index contributed by atoms with van der Waals surface area (Å²) in [4.78, 5) is 38.0. The van der Waals surface area contributed by atoms with Crippen LogP contribution >= 0.6 is 0 Å². The molecule has 2 N–H and O–H groups in total. The zero-order valence-electron chi connectivity index (χ0n) is 15.7. The molecule has 1 aromatic carbocycles. The van der Waals surface area contributed by atoms with Crippen LogP contribution in [0.25, 0.3) is 0 Å². The van der Waals surface area contributed by atoms with Gasteiger partial charge < -0.3 is 10.6 Å². The first kappa shape index (κ1) is 19.5. The van der Waals surface area contributed by atoms with Crippen LogP contribution < -0.4 is 10.6 Å². The number of aromatic nitrogens is 2. The quantitative estimate of drug-likeness (QED) is 0.553. The van der Waals surface area contributed by atoms with Crippen molar-refractivity contribution in [1.29, 1.82) is 0 Å². The fraction of sp³-hybridized carbons (Fsp3) is 0.368. The monoisotopic (exact) mass is 387 g/mol. The third kappa shape index (κ3) is 4.03. The SMILES string of the molecule is Cc1cnn(CCCNC(=O)CN2C(=O)NC(C)(c3ccc(F)cc3)C2=O)c1. The molecule has 0 bridgehead atoms. The summed E-state index contributed by atoms with van der Waals surface area (Å²) in [5.74, 6) is -1.42. The lowest BCUT2D eigenvalue weighted by Gasteiger charge is -2.22. The second-order valence-electron chi connectivity index (χ2n) is 6.94. The van der Waals surface area contributed by atoms with Crippen LogP contribution in [0.5, 0.6) is 0 Å². The Balaban J connectivity index is 1.53. The van der Waals surface area contributed by atoms with Crippen molar-refractivity contribution in [2.24, 2.45) is 0 Å². The van der Waals surface area contributed by atoms with Crippen molar-refractivity contribution in [3.05, 3.63) is 53.6 Å². The van der Waals surface area contributed by atoms with Crippen molar-refractivity contribution in [3.63, 3.8) is 0 Å². The van der Waals surface area contributed by atoms with Gasteiger partial charge in [-0.05, 0) is 43.5 Å². The minimum Gasteiger partial charge on any atom is -0.354 e. The lowest BCUT2D eigenvalue weighted by molar-refractivity contribution is -0.134. The van der Waals surface area contributed by atoms with Gasteiger partial charge in [0.15, 0.2) is 0 Å². The van der Waals surface area contributed by atoms with Crippen LogP contribution in [0.1, 0.15) is 24.5 Å². The molecule has 0 aliphatic carbocycles. The molecule has 1 unspecified atom stereocenters. The van der Waals surface area contributed by atoms with Gasteiger partial charge in [0.25, 0.3) is 5.91 Å². The summed E-state index contributed by atoms with van der Waals surface area (Å²) in [5, 5.41) is 9.44. The Morgan fingerprint density at radius 3 is 2.64 bits per heavy atom. The average molecular weight is 387 g/mol. The van der Waals surface area contributed by atoms with Crippen molar-refractivity contribution >= 4 is 17.8 Å². The molecule has 2 aromatic rings. The number of aryl methyl sites for hydroxylation is 2. The van der Waals surface area contributed by atoms with E-state index < -0.39 is 29.2 Å². The fourth-order valence-corrected chi connectivity index (χ4v) is 3.08. The van der Waals surface area contributed by atoms with Gasteiger partial charge in [-0.2, -0.15) is 5.10 Å². The summed E-state index contributed by atoms with van der Waals surface area (Å²) in [6.45, 7) is 4.16. The van der Waals surface area contributed by atoms with Crippen LogP contribution in [-0.4, -0.2) is 45.6 Å². The zero-order chi connectivity index (χ0) is 20.3. The highest BCUT2D eigenvalue weighted by atomic mass is 19.1. The molecule has 1 fully saturated rings. The summed E-state index contributed by atoms with van der Waals surface area (Å²) in [5.41, 5.74) is 0.180. The minimum absolute atomic E-state index is 0.373. The lowest BCUT2D eigenvalue weighted by Crippen LogP contribution is -2.43. The maximum atomic E-state index is 13.1. The van der Waals surface area contributed by atoms with Crippen molar-refractivity contribution in [3.8, 4) is 0 Å². The van der Waals surface area contributed by atoms with Crippen LogP contribution in [0.2, 0.25) is 0 Å². The molecule has 148 valence electrons. The molecule has 8 nitrogen and oxygen atoms in total. The van der Waals surface area contributed by atoms with Gasteiger partial charge >= 0.3 is 6.03 Å². The van der Waals surface area contributed by atoms with Gasteiger partial charge in [0.05, 0.1) is 6.20 Å². The number of rotatable bonds is 7. The van der Waals surface area contributed by atoms with E-state index in [9.17, 15) is 18.8 Å². The van der Waals surface area contributed by atoms with E-state index in [1.807, 2.05) is 13.1 Å². The number of carbonyl (C=O) groups excluding carboxylic acids is 3. The van der Waals surface area contributed by atoms with Gasteiger partial charge in [0.2, 0.25) is 5.91 Å². The highest BCUT2D eigenvalue weighted by Crippen LogP contribution is 2.28. The number of nitrogens with one attached hydrogen (secondary N) is 2. The smallest absolute Gasteiger partial charge is 0.325 e. The molecular formula is C19H22FN5O3. The number of carbonyl (C=O) groups is 3. The van der Waals surface area contributed by atoms with Crippen LogP contribution in [0.15, 0.2) is 36.7 Å². The van der Waals surface area contributed by atoms with Gasteiger partial charge in [0, 0.05) is 19.3 Å². The van der Waals surface area contributed by atoms with E-state index in [2.05, 4.69) is 15.7 Å². The van der Waals surface area contributed by atoms with Crippen LogP contribution in [0.4, 0.5) is 9.18 Å². The molecule has 1 saturated heterocycles. The van der Waals surface area contributed by atoms with Crippen molar-refractivity contribution in [1.82, 2.24) is 25.3 Å². The molecule has 1 aliphatic heterocycles. The van der Waals surface area contributed by atoms with E-state index in [-0.39, 0.29) is 6.54 Å². The summed E-state index contributed by atoms with van der Waals surface area (Å²) in [7, 11) is 0. The Hall–Kier alpha value is -3.23. The Kier molecular flexibility index (Phi) is 5.43. The normalized spacial score (nSPS) is 19.0. The lowest BCUT2D eigenvalue weighted by atomic mass is 9.92. The number of amides is 4. The van der Waals surface area contributed by atoms with E-state index in [0.29, 0.717) is 25.1 Å². The molecule has 1 aromatic heterocycles. The van der Waals surface area contributed by atoms with Crippen LogP contribution in [0.3, 0.4) is 0 Å². The van der Waals surface area contributed by atoms with E-state index in [1.54, 1.807) is 10.9 Å². The molecule has 0 saturated carbocycles. The first-order valence-corrected chi connectivity index (χ1v) is 8.95. The van der Waals surface area contributed by atoms with Gasteiger partial charge in [-0.15, -0.1) is 0 Å². The standard InChI is InChI=1S/C19H22FN5O3/c1-13-10-22-24(11-13)9-3-8-21-16(26)12-25-17(27)19(2,23-18(25)28)14-4-6-15(20)7-5-14/h4-7,10-11H,3,8-9,12H2,1-2H3,(H,21,26)(H,23,28). The molecule has 0 radical (unpaired) electrons. The second-order valence-corrected chi connectivity index (χ2v) is 6.94. The number of benzene rings is 1. The van der Waals surface area contributed by atoms with E-state index in [1.165, 1.54) is 31.2 Å².